The lowest BCUT2D eigenvalue weighted by Gasteiger charge is -2.42. The normalized spacial score (nSPS) is 19.9. The third-order valence-corrected chi connectivity index (χ3v) is 10.0. The number of aromatic nitrogens is 2. The number of hydrazine groups is 1. The van der Waals surface area contributed by atoms with E-state index in [-0.39, 0.29) is 35.1 Å². The fourth-order valence-corrected chi connectivity index (χ4v) is 7.26. The quantitative estimate of drug-likeness (QED) is 0.384. The van der Waals surface area contributed by atoms with Crippen LogP contribution in [0.1, 0.15) is 12.8 Å². The zero-order valence-corrected chi connectivity index (χ0v) is 27.6. The molecule has 5 aliphatic rings. The number of benzene rings is 1. The molecule has 2 fully saturated rings. The summed E-state index contributed by atoms with van der Waals surface area (Å²) in [5, 5.41) is 14.5. The van der Waals surface area contributed by atoms with Crippen molar-refractivity contribution in [1.82, 2.24) is 39.8 Å². The van der Waals surface area contributed by atoms with Crippen molar-refractivity contribution in [3.63, 3.8) is 0 Å². The van der Waals surface area contributed by atoms with Crippen molar-refractivity contribution >= 4 is 35.5 Å². The maximum absolute atomic E-state index is 13.7. The van der Waals surface area contributed by atoms with E-state index in [9.17, 15) is 18.4 Å². The summed E-state index contributed by atoms with van der Waals surface area (Å²) in [5.41, 5.74) is 2.51. The lowest BCUT2D eigenvalue weighted by Crippen LogP contribution is -2.52. The summed E-state index contributed by atoms with van der Waals surface area (Å²) >= 11 is 1.43. The summed E-state index contributed by atoms with van der Waals surface area (Å²) in [5.74, 6) is -0.105. The van der Waals surface area contributed by atoms with Gasteiger partial charge in [-0.25, -0.2) is 10.0 Å². The molecule has 6 heterocycles. The fourth-order valence-electron chi connectivity index (χ4n) is 6.82. The number of anilines is 1. The molecule has 0 saturated carbocycles. The van der Waals surface area contributed by atoms with Gasteiger partial charge in [0.05, 0.1) is 24.5 Å². The van der Waals surface area contributed by atoms with E-state index in [0.29, 0.717) is 37.1 Å². The van der Waals surface area contributed by atoms with Gasteiger partial charge in [-0.3, -0.25) is 24.2 Å². The lowest BCUT2D eigenvalue weighted by atomic mass is 10.0. The maximum Gasteiger partial charge on any atom is 0.387 e. The second kappa shape index (κ2) is 13.6. The summed E-state index contributed by atoms with van der Waals surface area (Å²) < 4.78 is 33.3. The molecule has 0 atom stereocenters. The molecule has 7 rings (SSSR count). The highest BCUT2D eigenvalue weighted by molar-refractivity contribution is 7.98. The predicted molar refractivity (Wildman–Crippen MR) is 178 cm³/mol. The number of thioether (sulfide) groups is 1. The van der Waals surface area contributed by atoms with Crippen molar-refractivity contribution < 1.29 is 23.1 Å². The lowest BCUT2D eigenvalue weighted by molar-refractivity contribution is -0.133. The van der Waals surface area contributed by atoms with E-state index in [1.165, 1.54) is 28.2 Å². The van der Waals surface area contributed by atoms with Gasteiger partial charge >= 0.3 is 6.61 Å². The zero-order valence-electron chi connectivity index (χ0n) is 26.8. The van der Waals surface area contributed by atoms with Crippen LogP contribution in [0.4, 0.5) is 14.5 Å². The summed E-state index contributed by atoms with van der Waals surface area (Å²) in [6.07, 6.45) is 12.5. The van der Waals surface area contributed by atoms with E-state index in [1.54, 1.807) is 35.6 Å². The van der Waals surface area contributed by atoms with E-state index < -0.39 is 12.5 Å². The number of hydrogen-bond donors (Lipinski definition) is 2. The van der Waals surface area contributed by atoms with Crippen LogP contribution >= 0.6 is 11.8 Å². The number of hydrogen-bond acceptors (Lipinski definition) is 11. The number of carbonyl (C=O) groups is 2. The molecular formula is C32H38F2N10O3S. The van der Waals surface area contributed by atoms with Crippen molar-refractivity contribution in [3.05, 3.63) is 60.0 Å². The number of alkyl halides is 2. The first-order valence-electron chi connectivity index (χ1n) is 15.9. The van der Waals surface area contributed by atoms with Crippen molar-refractivity contribution in [2.24, 2.45) is 4.99 Å². The van der Waals surface area contributed by atoms with Crippen LogP contribution in [0.3, 0.4) is 0 Å². The average molecular weight is 681 g/mol. The van der Waals surface area contributed by atoms with Crippen LogP contribution in [0, 0.1) is 0 Å². The molecule has 254 valence electrons. The van der Waals surface area contributed by atoms with Crippen molar-refractivity contribution in [2.45, 2.75) is 36.9 Å². The number of amides is 2. The van der Waals surface area contributed by atoms with Gasteiger partial charge in [-0.1, -0.05) is 0 Å². The largest absolute Gasteiger partial charge is 0.434 e. The van der Waals surface area contributed by atoms with Crippen LogP contribution in [-0.2, 0) is 16.1 Å². The Balaban J connectivity index is 1.11. The Morgan fingerprint density at radius 1 is 1.17 bits per heavy atom. The molecular weight excluding hydrogens is 642 g/mol. The summed E-state index contributed by atoms with van der Waals surface area (Å²) in [7, 11) is 1.84. The number of piperidine rings is 1. The fraction of sp³-hybridized carbons (Fsp3) is 0.438. The molecule has 1 aromatic heterocycles. The highest BCUT2D eigenvalue weighted by atomic mass is 32.2. The first-order valence-corrected chi connectivity index (χ1v) is 17.2. The van der Waals surface area contributed by atoms with Crippen molar-refractivity contribution in [1.29, 1.82) is 0 Å². The van der Waals surface area contributed by atoms with Gasteiger partial charge < -0.3 is 25.2 Å². The van der Waals surface area contributed by atoms with Crippen LogP contribution in [-0.4, -0.2) is 124 Å². The van der Waals surface area contributed by atoms with E-state index >= 15 is 0 Å². The molecule has 0 bridgehead atoms. The minimum Gasteiger partial charge on any atom is -0.434 e. The minimum absolute atomic E-state index is 0.0719. The van der Waals surface area contributed by atoms with Crippen LogP contribution < -0.4 is 15.4 Å². The Morgan fingerprint density at radius 2 is 2.00 bits per heavy atom. The standard InChI is InChI=1S/C32H38F2N10O3S/c1-39-17-25(30-36-8-3-9-44(30)39)31(46)37-26-18-43(38-29(26)24-14-23(48-2)4-5-27(24)47-32(33)34)19-28(45)40-10-6-21(7-11-40)41-12-13-42-20-35-15-22(42)16-41/h3-5,8-9,14-15,18,21,32,35H,6-7,10-13,16-17,19-20H2,1-2H3,(H,37,46). The number of nitrogens with one attached hydrogen (secondary N) is 2. The molecule has 2 N–H and O–H groups in total. The molecule has 0 aliphatic carbocycles. The van der Waals surface area contributed by atoms with Gasteiger partial charge in [0.1, 0.15) is 18.0 Å². The predicted octanol–water partition coefficient (Wildman–Crippen LogP) is 2.79. The molecule has 16 heteroatoms. The number of aliphatic imine (C=N–C) groups is 1. The number of nitrogens with zero attached hydrogens (tertiary/aromatic N) is 8. The monoisotopic (exact) mass is 680 g/mol. The number of rotatable bonds is 9. The Morgan fingerprint density at radius 3 is 2.79 bits per heavy atom. The van der Waals surface area contributed by atoms with E-state index in [2.05, 4.69) is 36.7 Å². The second-order valence-corrected chi connectivity index (χ2v) is 13.1. The molecule has 2 saturated heterocycles. The molecule has 1 aromatic carbocycles. The van der Waals surface area contributed by atoms with Crippen molar-refractivity contribution in [2.75, 3.05) is 64.6 Å². The first-order chi connectivity index (χ1) is 23.3. The Bertz CT molecular complexity index is 1700. The van der Waals surface area contributed by atoms with Gasteiger partial charge in [0.2, 0.25) is 5.91 Å². The molecule has 2 amide bonds. The van der Waals surface area contributed by atoms with E-state index in [1.807, 2.05) is 29.4 Å². The third-order valence-electron chi connectivity index (χ3n) is 9.30. The first kappa shape index (κ1) is 32.2. The Kier molecular flexibility index (Phi) is 9.11. The van der Waals surface area contributed by atoms with Gasteiger partial charge in [-0.2, -0.15) is 13.9 Å². The summed E-state index contributed by atoms with van der Waals surface area (Å²) in [6, 6.07) is 5.25. The third kappa shape index (κ3) is 6.51. The summed E-state index contributed by atoms with van der Waals surface area (Å²) in [4.78, 5) is 39.2. The number of likely N-dealkylation sites (N-methyl/N-ethyl adjacent to an activating group) is 1. The summed E-state index contributed by atoms with van der Waals surface area (Å²) in [6.45, 7) is 2.25. The zero-order chi connectivity index (χ0) is 33.4. The van der Waals surface area contributed by atoms with Gasteiger partial charge in [0, 0.05) is 86.8 Å². The molecule has 2 aromatic rings. The maximum atomic E-state index is 13.7. The second-order valence-electron chi connectivity index (χ2n) is 12.2. The number of carbonyl (C=O) groups excluding carboxylic acids is 2. The van der Waals surface area contributed by atoms with Gasteiger partial charge in [0.15, 0.2) is 5.82 Å². The number of ether oxygens (including phenoxy) is 1. The smallest absolute Gasteiger partial charge is 0.387 e. The number of piperazine rings is 1. The van der Waals surface area contributed by atoms with Crippen LogP contribution in [0.2, 0.25) is 0 Å². The number of likely N-dealkylation sites (tertiary alicyclic amines) is 1. The van der Waals surface area contributed by atoms with Gasteiger partial charge in [-0.05, 0) is 43.4 Å². The van der Waals surface area contributed by atoms with Crippen LogP contribution in [0.5, 0.6) is 5.75 Å². The molecule has 48 heavy (non-hydrogen) atoms. The average Bonchev–Trinajstić information content (AvgIpc) is 3.81. The number of allylic oxidation sites excluding steroid dienone is 1. The van der Waals surface area contributed by atoms with Crippen LogP contribution in [0.25, 0.3) is 11.3 Å². The molecule has 13 nitrogen and oxygen atoms in total. The van der Waals surface area contributed by atoms with Crippen LogP contribution in [0.15, 0.2) is 69.9 Å². The molecule has 5 aliphatic heterocycles. The van der Waals surface area contributed by atoms with Gasteiger partial charge in [-0.15, -0.1) is 11.8 Å². The number of fused-ring (bicyclic) bond motifs is 2. The van der Waals surface area contributed by atoms with E-state index in [0.717, 1.165) is 44.0 Å². The molecule has 0 spiro atoms. The van der Waals surface area contributed by atoms with Crippen molar-refractivity contribution in [3.8, 4) is 17.0 Å². The SMILES string of the molecule is CSc1ccc(OC(F)F)c(-c2nn(CC(=O)N3CCC(N4CCN5CNC=C5C4)CC3)cc2NC(=O)C2=C3N=CC=CN3N(C)C2)c1. The minimum atomic E-state index is -3.06. The Hall–Kier alpha value is -4.41. The highest BCUT2D eigenvalue weighted by Gasteiger charge is 2.34. The Labute approximate surface area is 281 Å². The topological polar surface area (TPSA) is 114 Å². The van der Waals surface area contributed by atoms with E-state index in [4.69, 9.17) is 4.74 Å². The van der Waals surface area contributed by atoms with Gasteiger partial charge in [0.25, 0.3) is 5.91 Å². The highest BCUT2D eigenvalue weighted by Crippen LogP contribution is 2.38. The molecule has 0 radical (unpaired) electrons. The number of halogens is 2. The molecule has 0 unspecified atom stereocenters.